The number of halogens is 1. The normalized spacial score (nSPS) is 18.7. The molecule has 0 saturated heterocycles. The molecule has 1 aliphatic rings. The highest BCUT2D eigenvalue weighted by molar-refractivity contribution is 6.74. The van der Waals surface area contributed by atoms with Gasteiger partial charge in [-0.05, 0) is 18.1 Å². The van der Waals surface area contributed by atoms with Gasteiger partial charge in [0.1, 0.15) is 6.61 Å². The highest BCUT2D eigenvalue weighted by Crippen LogP contribution is 2.38. The second-order valence-electron chi connectivity index (χ2n) is 6.95. The number of hydrogen-bond acceptors (Lipinski definition) is 4. The average Bonchev–Trinajstić information content (AvgIpc) is 2.35. The second-order valence-corrected chi connectivity index (χ2v) is 11.8. The van der Waals surface area contributed by atoms with Crippen LogP contribution in [0.25, 0.3) is 0 Å². The summed E-state index contributed by atoms with van der Waals surface area (Å²) in [6.45, 7) is 11.6. The third kappa shape index (κ3) is 3.49. The topological polar surface area (TPSA) is 53.7 Å². The minimum absolute atomic E-state index is 0.124. The molecular formula is C15H24FNO3Si. The van der Waals surface area contributed by atoms with Crippen LogP contribution in [0.1, 0.15) is 20.8 Å². The first kappa shape index (κ1) is 16.1. The van der Waals surface area contributed by atoms with Gasteiger partial charge in [0, 0.05) is 17.8 Å². The zero-order valence-corrected chi connectivity index (χ0v) is 14.3. The Morgan fingerprint density at radius 3 is 2.67 bits per heavy atom. The van der Waals surface area contributed by atoms with E-state index in [-0.39, 0.29) is 16.9 Å². The molecule has 1 aromatic rings. The molecule has 2 N–H and O–H groups in total. The Bertz CT molecular complexity index is 528. The second kappa shape index (κ2) is 5.49. The predicted octanol–water partition coefficient (Wildman–Crippen LogP) is 3.57. The van der Waals surface area contributed by atoms with Crippen molar-refractivity contribution < 1.29 is 18.3 Å². The molecule has 21 heavy (non-hydrogen) atoms. The summed E-state index contributed by atoms with van der Waals surface area (Å²) in [7, 11) is -1.85. The molecule has 0 saturated carbocycles. The number of hydrogen-bond donors (Lipinski definition) is 1. The molecule has 0 aliphatic carbocycles. The molecule has 1 aromatic carbocycles. The Kier molecular flexibility index (Phi) is 4.21. The molecule has 0 amide bonds. The monoisotopic (exact) mass is 313 g/mol. The van der Waals surface area contributed by atoms with E-state index in [1.165, 1.54) is 6.07 Å². The fourth-order valence-electron chi connectivity index (χ4n) is 1.79. The van der Waals surface area contributed by atoms with Crippen molar-refractivity contribution in [1.29, 1.82) is 0 Å². The van der Waals surface area contributed by atoms with E-state index in [0.717, 1.165) is 0 Å². The SMILES string of the molecule is CC(C)(C)[Si](C)(C)OCC1COc2cc(N)cc(F)c2O1. The highest BCUT2D eigenvalue weighted by atomic mass is 28.4. The Morgan fingerprint density at radius 2 is 2.05 bits per heavy atom. The van der Waals surface area contributed by atoms with E-state index in [1.54, 1.807) is 6.07 Å². The first-order valence-corrected chi connectivity index (χ1v) is 10.0. The van der Waals surface area contributed by atoms with Crippen molar-refractivity contribution in [2.75, 3.05) is 18.9 Å². The minimum atomic E-state index is -1.85. The first-order valence-electron chi connectivity index (χ1n) is 7.12. The van der Waals surface area contributed by atoms with Crippen molar-refractivity contribution in [2.24, 2.45) is 0 Å². The summed E-state index contributed by atoms with van der Waals surface area (Å²) in [4.78, 5) is 0. The highest BCUT2D eigenvalue weighted by Gasteiger charge is 2.38. The van der Waals surface area contributed by atoms with Crippen LogP contribution in [-0.2, 0) is 4.43 Å². The van der Waals surface area contributed by atoms with Gasteiger partial charge in [0.15, 0.2) is 31.7 Å². The minimum Gasteiger partial charge on any atom is -0.486 e. The molecule has 0 radical (unpaired) electrons. The lowest BCUT2D eigenvalue weighted by Crippen LogP contribution is -2.45. The Balaban J connectivity index is 2.03. The van der Waals surface area contributed by atoms with E-state index >= 15 is 0 Å². The lowest BCUT2D eigenvalue weighted by atomic mass is 10.2. The summed E-state index contributed by atoms with van der Waals surface area (Å²) >= 11 is 0. The fraction of sp³-hybridized carbons (Fsp3) is 0.600. The van der Waals surface area contributed by atoms with Gasteiger partial charge in [-0.2, -0.15) is 0 Å². The van der Waals surface area contributed by atoms with Gasteiger partial charge in [0.05, 0.1) is 6.61 Å². The Morgan fingerprint density at radius 1 is 1.38 bits per heavy atom. The molecule has 0 bridgehead atoms. The number of rotatable bonds is 3. The summed E-state index contributed by atoms with van der Waals surface area (Å²) in [5.41, 5.74) is 5.91. The molecule has 1 atom stereocenters. The third-order valence-corrected chi connectivity index (χ3v) is 8.68. The van der Waals surface area contributed by atoms with Crippen molar-refractivity contribution in [1.82, 2.24) is 0 Å². The van der Waals surface area contributed by atoms with Crippen molar-refractivity contribution in [3.8, 4) is 11.5 Å². The fourth-order valence-corrected chi connectivity index (χ4v) is 2.83. The number of fused-ring (bicyclic) bond motifs is 1. The quantitative estimate of drug-likeness (QED) is 0.684. The first-order chi connectivity index (χ1) is 9.60. The molecule has 118 valence electrons. The number of anilines is 1. The zero-order chi connectivity index (χ0) is 15.8. The van der Waals surface area contributed by atoms with E-state index in [2.05, 4.69) is 33.9 Å². The Hall–Kier alpha value is -1.27. The maximum atomic E-state index is 13.9. The number of benzene rings is 1. The van der Waals surface area contributed by atoms with Crippen molar-refractivity contribution in [2.45, 2.75) is 45.0 Å². The third-order valence-electron chi connectivity index (χ3n) is 4.18. The summed E-state index contributed by atoms with van der Waals surface area (Å²) in [6, 6.07) is 2.81. The van der Waals surface area contributed by atoms with E-state index in [1.807, 2.05) is 0 Å². The predicted molar refractivity (Wildman–Crippen MR) is 83.9 cm³/mol. The van der Waals surface area contributed by atoms with Gasteiger partial charge >= 0.3 is 0 Å². The van der Waals surface area contributed by atoms with E-state index in [4.69, 9.17) is 19.6 Å². The maximum Gasteiger partial charge on any atom is 0.197 e. The smallest absolute Gasteiger partial charge is 0.197 e. The molecule has 1 unspecified atom stereocenters. The van der Waals surface area contributed by atoms with Crippen LogP contribution in [-0.4, -0.2) is 27.6 Å². The van der Waals surface area contributed by atoms with Gasteiger partial charge in [-0.15, -0.1) is 0 Å². The van der Waals surface area contributed by atoms with Crippen LogP contribution in [0.5, 0.6) is 11.5 Å². The van der Waals surface area contributed by atoms with Gasteiger partial charge in [0.25, 0.3) is 0 Å². The lowest BCUT2D eigenvalue weighted by Gasteiger charge is -2.37. The van der Waals surface area contributed by atoms with Crippen LogP contribution in [0, 0.1) is 5.82 Å². The summed E-state index contributed by atoms with van der Waals surface area (Å²) in [5, 5.41) is 0.125. The number of nitrogen functional groups attached to an aromatic ring is 1. The number of ether oxygens (including phenoxy) is 2. The summed E-state index contributed by atoms with van der Waals surface area (Å²) in [5.74, 6) is -0.0163. The molecule has 1 heterocycles. The molecule has 0 aromatic heterocycles. The van der Waals surface area contributed by atoms with E-state index < -0.39 is 14.1 Å². The summed E-state index contributed by atoms with van der Waals surface area (Å²) in [6.07, 6.45) is -0.301. The average molecular weight is 313 g/mol. The van der Waals surface area contributed by atoms with Crippen LogP contribution < -0.4 is 15.2 Å². The largest absolute Gasteiger partial charge is 0.486 e. The number of nitrogens with two attached hydrogens (primary N) is 1. The molecule has 1 aliphatic heterocycles. The van der Waals surface area contributed by atoms with Crippen LogP contribution in [0.4, 0.5) is 10.1 Å². The summed E-state index contributed by atoms with van der Waals surface area (Å²) < 4.78 is 31.2. The maximum absolute atomic E-state index is 13.9. The molecule has 2 rings (SSSR count). The standard InChI is InChI=1S/C15H24FNO3Si/c1-15(2,3)21(4,5)19-9-11-8-18-13-7-10(17)6-12(16)14(13)20-11/h6-7,11H,8-9,17H2,1-5H3. The van der Waals surface area contributed by atoms with Crippen molar-refractivity contribution >= 4 is 14.0 Å². The van der Waals surface area contributed by atoms with Gasteiger partial charge in [0.2, 0.25) is 0 Å². The van der Waals surface area contributed by atoms with Crippen LogP contribution >= 0.6 is 0 Å². The molecule has 0 fully saturated rings. The zero-order valence-electron chi connectivity index (χ0n) is 13.3. The Labute approximate surface area is 126 Å². The van der Waals surface area contributed by atoms with E-state index in [0.29, 0.717) is 24.7 Å². The van der Waals surface area contributed by atoms with Crippen LogP contribution in [0.15, 0.2) is 12.1 Å². The lowest BCUT2D eigenvalue weighted by molar-refractivity contribution is 0.0454. The molecule has 6 heteroatoms. The van der Waals surface area contributed by atoms with Gasteiger partial charge in [-0.25, -0.2) is 4.39 Å². The van der Waals surface area contributed by atoms with Crippen molar-refractivity contribution in [3.05, 3.63) is 17.9 Å². The van der Waals surface area contributed by atoms with Crippen LogP contribution in [0.3, 0.4) is 0 Å². The van der Waals surface area contributed by atoms with Crippen LogP contribution in [0.2, 0.25) is 18.1 Å². The van der Waals surface area contributed by atoms with Crippen molar-refractivity contribution in [3.63, 3.8) is 0 Å². The molecule has 4 nitrogen and oxygen atoms in total. The van der Waals surface area contributed by atoms with E-state index in [9.17, 15) is 4.39 Å². The van der Waals surface area contributed by atoms with Gasteiger partial charge in [-0.1, -0.05) is 20.8 Å². The molecule has 0 spiro atoms. The van der Waals surface area contributed by atoms with Gasteiger partial charge < -0.3 is 19.6 Å². The molecular weight excluding hydrogens is 289 g/mol. The van der Waals surface area contributed by atoms with Gasteiger partial charge in [-0.3, -0.25) is 0 Å².